The fraction of sp³-hybridized carbons (Fsp3) is 0.364. The van der Waals surface area contributed by atoms with Gasteiger partial charge in [-0.1, -0.05) is 0 Å². The third-order valence-corrected chi connectivity index (χ3v) is 8.27. The zero-order chi connectivity index (χ0) is 20.9. The minimum absolute atomic E-state index is 0.160. The van der Waals surface area contributed by atoms with Gasteiger partial charge in [0.25, 0.3) is 0 Å². The van der Waals surface area contributed by atoms with Crippen molar-refractivity contribution < 1.29 is 0 Å². The normalized spacial score (nSPS) is 15.1. The Bertz CT molecular complexity index is 1150. The lowest BCUT2D eigenvalue weighted by molar-refractivity contribution is 0.549. The van der Waals surface area contributed by atoms with Gasteiger partial charge >= 0.3 is 0 Å². The molecule has 4 nitrogen and oxygen atoms in total. The summed E-state index contributed by atoms with van der Waals surface area (Å²) in [5.41, 5.74) is 6.73. The first kappa shape index (κ1) is 20.9. The SMILES string of the molecule is [C-]#[N+]C1CCN(c2cc(C)nc3c2c(C)c(C)n3-c2cc(Br)c(Br)cc2Br)CC1. The highest BCUT2D eigenvalue weighted by molar-refractivity contribution is 9.13. The second-order valence-corrected chi connectivity index (χ2v) is 10.2. The Kier molecular flexibility index (Phi) is 5.80. The molecule has 0 spiro atoms. The van der Waals surface area contributed by atoms with Crippen LogP contribution in [-0.2, 0) is 0 Å². The Balaban J connectivity index is 1.94. The van der Waals surface area contributed by atoms with Crippen molar-refractivity contribution >= 4 is 64.5 Å². The minimum Gasteiger partial charge on any atom is -0.370 e. The standard InChI is InChI=1S/C22H21Br3N4/c1-12-9-20(28-7-5-15(26-4)6-8-28)21-13(2)14(3)29(22(21)27-12)19-11-17(24)16(23)10-18(19)25/h9-11,15H,5-8H2,1-3H3. The van der Waals surface area contributed by atoms with E-state index in [-0.39, 0.29) is 6.04 Å². The Morgan fingerprint density at radius 1 is 0.966 bits per heavy atom. The molecule has 1 aliphatic heterocycles. The second-order valence-electron chi connectivity index (χ2n) is 7.59. The molecule has 29 heavy (non-hydrogen) atoms. The van der Waals surface area contributed by atoms with Gasteiger partial charge in [-0.15, -0.1) is 0 Å². The van der Waals surface area contributed by atoms with Crippen LogP contribution in [0.4, 0.5) is 5.69 Å². The summed E-state index contributed by atoms with van der Waals surface area (Å²) in [7, 11) is 0. The molecule has 0 N–H and O–H groups in total. The number of nitrogens with zero attached hydrogens (tertiary/aromatic N) is 4. The van der Waals surface area contributed by atoms with Gasteiger partial charge in [0, 0.05) is 61.8 Å². The van der Waals surface area contributed by atoms with Crippen molar-refractivity contribution in [3.63, 3.8) is 0 Å². The largest absolute Gasteiger partial charge is 0.370 e. The topological polar surface area (TPSA) is 25.4 Å². The zero-order valence-corrected chi connectivity index (χ0v) is 21.3. The number of halogens is 3. The van der Waals surface area contributed by atoms with E-state index in [0.29, 0.717) is 0 Å². The van der Waals surface area contributed by atoms with E-state index in [0.717, 1.165) is 56.4 Å². The van der Waals surface area contributed by atoms with Gasteiger partial charge < -0.3 is 9.74 Å². The highest BCUT2D eigenvalue weighted by Crippen LogP contribution is 2.39. The van der Waals surface area contributed by atoms with Crippen molar-refractivity contribution in [1.29, 1.82) is 0 Å². The number of anilines is 1. The molecule has 7 heteroatoms. The molecule has 0 unspecified atom stereocenters. The molecule has 0 atom stereocenters. The average molecular weight is 581 g/mol. The van der Waals surface area contributed by atoms with Crippen molar-refractivity contribution in [2.75, 3.05) is 18.0 Å². The van der Waals surface area contributed by atoms with Gasteiger partial charge in [0.2, 0.25) is 6.04 Å². The number of pyridine rings is 1. The summed E-state index contributed by atoms with van der Waals surface area (Å²) in [4.78, 5) is 11.1. The van der Waals surface area contributed by atoms with Crippen molar-refractivity contribution in [3.05, 3.63) is 60.0 Å². The molecule has 4 rings (SSSR count). The molecule has 2 aromatic heterocycles. The van der Waals surface area contributed by atoms with E-state index in [4.69, 9.17) is 11.6 Å². The first-order chi connectivity index (χ1) is 13.8. The van der Waals surface area contributed by atoms with E-state index in [1.165, 1.54) is 22.3 Å². The quantitative estimate of drug-likeness (QED) is 0.238. The maximum Gasteiger partial charge on any atom is 0.227 e. The summed E-state index contributed by atoms with van der Waals surface area (Å²) in [6.07, 6.45) is 1.85. The summed E-state index contributed by atoms with van der Waals surface area (Å²) in [6.45, 7) is 15.6. The molecule has 1 aliphatic rings. The van der Waals surface area contributed by atoms with Gasteiger partial charge in [0.15, 0.2) is 0 Å². The summed E-state index contributed by atoms with van der Waals surface area (Å²) in [6, 6.07) is 6.54. The molecular formula is C22H21Br3N4. The molecule has 150 valence electrons. The molecule has 0 amide bonds. The van der Waals surface area contributed by atoms with Crippen LogP contribution in [0.2, 0.25) is 0 Å². The number of piperidine rings is 1. The van der Waals surface area contributed by atoms with Crippen LogP contribution < -0.4 is 4.90 Å². The first-order valence-corrected chi connectivity index (χ1v) is 12.0. The molecule has 3 heterocycles. The number of aromatic nitrogens is 2. The number of hydrogen-bond donors (Lipinski definition) is 0. The highest BCUT2D eigenvalue weighted by atomic mass is 79.9. The maximum atomic E-state index is 7.33. The molecule has 0 radical (unpaired) electrons. The fourth-order valence-electron chi connectivity index (χ4n) is 4.13. The average Bonchev–Trinajstić information content (AvgIpc) is 2.94. The Morgan fingerprint density at radius 2 is 1.62 bits per heavy atom. The third kappa shape index (κ3) is 3.64. The van der Waals surface area contributed by atoms with E-state index >= 15 is 0 Å². The predicted octanol–water partition coefficient (Wildman–Crippen LogP) is 7.13. The van der Waals surface area contributed by atoms with Crippen LogP contribution in [0.3, 0.4) is 0 Å². The molecule has 0 saturated carbocycles. The summed E-state index contributed by atoms with van der Waals surface area (Å²) >= 11 is 11.0. The number of rotatable bonds is 2. The van der Waals surface area contributed by atoms with Crippen molar-refractivity contribution in [1.82, 2.24) is 9.55 Å². The lowest BCUT2D eigenvalue weighted by atomic mass is 10.0. The van der Waals surface area contributed by atoms with Gasteiger partial charge in [-0.25, -0.2) is 11.6 Å². The lowest BCUT2D eigenvalue weighted by Gasteiger charge is -2.30. The van der Waals surface area contributed by atoms with E-state index in [9.17, 15) is 0 Å². The van der Waals surface area contributed by atoms with Gasteiger partial charge in [0.1, 0.15) is 5.65 Å². The highest BCUT2D eigenvalue weighted by Gasteiger charge is 2.27. The molecule has 1 aromatic carbocycles. The molecule has 0 bridgehead atoms. The van der Waals surface area contributed by atoms with Crippen molar-refractivity contribution in [3.8, 4) is 5.69 Å². The van der Waals surface area contributed by atoms with Gasteiger partial charge in [0.05, 0.1) is 5.69 Å². The zero-order valence-electron chi connectivity index (χ0n) is 16.6. The van der Waals surface area contributed by atoms with Gasteiger partial charge in [-0.05, 0) is 92.3 Å². The van der Waals surface area contributed by atoms with Crippen LogP contribution in [0.1, 0.15) is 29.8 Å². The van der Waals surface area contributed by atoms with Crippen LogP contribution in [0.5, 0.6) is 0 Å². The van der Waals surface area contributed by atoms with Crippen LogP contribution in [0, 0.1) is 27.3 Å². The van der Waals surface area contributed by atoms with Crippen LogP contribution in [-0.4, -0.2) is 28.7 Å². The van der Waals surface area contributed by atoms with E-state index < -0.39 is 0 Å². The van der Waals surface area contributed by atoms with Gasteiger partial charge in [-0.3, -0.25) is 4.57 Å². The number of benzene rings is 1. The predicted molar refractivity (Wildman–Crippen MR) is 130 cm³/mol. The summed E-state index contributed by atoms with van der Waals surface area (Å²) in [5.74, 6) is 0. The minimum atomic E-state index is 0.160. The van der Waals surface area contributed by atoms with E-state index in [1.54, 1.807) is 0 Å². The van der Waals surface area contributed by atoms with Crippen LogP contribution >= 0.6 is 47.8 Å². The van der Waals surface area contributed by atoms with Gasteiger partial charge in [-0.2, -0.15) is 0 Å². The van der Waals surface area contributed by atoms with Crippen LogP contribution in [0.25, 0.3) is 21.6 Å². The second kappa shape index (κ2) is 8.05. The van der Waals surface area contributed by atoms with Crippen molar-refractivity contribution in [2.45, 2.75) is 39.7 Å². The smallest absolute Gasteiger partial charge is 0.227 e. The molecule has 1 fully saturated rings. The Labute approximate surface area is 196 Å². The molecule has 3 aromatic rings. The van der Waals surface area contributed by atoms with Crippen LogP contribution in [0.15, 0.2) is 31.6 Å². The molecule has 0 aliphatic carbocycles. The van der Waals surface area contributed by atoms with E-state index in [2.05, 4.69) is 101 Å². The molecular weight excluding hydrogens is 560 g/mol. The van der Waals surface area contributed by atoms with Crippen molar-refractivity contribution in [2.24, 2.45) is 0 Å². The first-order valence-electron chi connectivity index (χ1n) is 9.57. The lowest BCUT2D eigenvalue weighted by Crippen LogP contribution is -2.35. The summed E-state index contributed by atoms with van der Waals surface area (Å²) < 4.78 is 5.26. The maximum absolute atomic E-state index is 7.33. The third-order valence-electron chi connectivity index (χ3n) is 5.79. The molecule has 1 saturated heterocycles. The Hall–Kier alpha value is -1.36. The number of hydrogen-bond acceptors (Lipinski definition) is 2. The Morgan fingerprint density at radius 3 is 2.28 bits per heavy atom. The number of aryl methyl sites for hydroxylation is 2. The number of fused-ring (bicyclic) bond motifs is 1. The fourth-order valence-corrected chi connectivity index (χ4v) is 5.63. The monoisotopic (exact) mass is 578 g/mol. The van der Waals surface area contributed by atoms with E-state index in [1.807, 2.05) is 0 Å². The summed E-state index contributed by atoms with van der Waals surface area (Å²) in [5, 5.41) is 1.21.